The third-order valence-corrected chi connectivity index (χ3v) is 8.86. The van der Waals surface area contributed by atoms with Gasteiger partial charge in [-0.25, -0.2) is 4.21 Å². The van der Waals surface area contributed by atoms with E-state index in [4.69, 9.17) is 14.2 Å². The molecular weight excluding hydrogens is 342 g/mol. The van der Waals surface area contributed by atoms with Gasteiger partial charge in [-0.2, -0.15) is 0 Å². The number of hydrogen-bond donors (Lipinski definition) is 1. The molecule has 0 aliphatic heterocycles. The van der Waals surface area contributed by atoms with Gasteiger partial charge in [-0.05, 0) is 30.3 Å². The molecule has 1 aromatic carbocycles. The van der Waals surface area contributed by atoms with Gasteiger partial charge in [0.25, 0.3) is 5.97 Å². The third-order valence-electron chi connectivity index (χ3n) is 3.52. The van der Waals surface area contributed by atoms with Crippen LogP contribution in [0.15, 0.2) is 35.2 Å². The van der Waals surface area contributed by atoms with E-state index in [1.165, 1.54) is 0 Å². The summed E-state index contributed by atoms with van der Waals surface area (Å²) in [5.41, 5.74) is 0. The number of hydrogen-bond acceptors (Lipinski definition) is 4. The maximum absolute atomic E-state index is 13.5. The summed E-state index contributed by atoms with van der Waals surface area (Å²) < 4.78 is 32.8. The Bertz CT molecular complexity index is 595. The molecule has 0 amide bonds. The van der Waals surface area contributed by atoms with Gasteiger partial charge in [0.1, 0.15) is 8.24 Å². The second-order valence-corrected chi connectivity index (χ2v) is 13.9. The molecule has 1 atom stereocenters. The number of ether oxygens (including phenoxy) is 3. The lowest BCUT2D eigenvalue weighted by Gasteiger charge is -2.28. The summed E-state index contributed by atoms with van der Waals surface area (Å²) in [6.07, 6.45) is 1.97. The first-order valence-corrected chi connectivity index (χ1v) is 13.2. The van der Waals surface area contributed by atoms with Crippen LogP contribution in [0.4, 0.5) is 0 Å². The SMILES string of the molecule is COC(CCCC=S(=O)(N[Si](C)(C)C)c1ccccc1)(OC)OC. The Morgan fingerprint density at radius 3 is 2.08 bits per heavy atom. The van der Waals surface area contributed by atoms with Gasteiger partial charge >= 0.3 is 0 Å². The summed E-state index contributed by atoms with van der Waals surface area (Å²) >= 11 is 0. The molecule has 1 unspecified atom stereocenters. The second kappa shape index (κ2) is 9.12. The van der Waals surface area contributed by atoms with E-state index in [0.29, 0.717) is 12.8 Å². The lowest BCUT2D eigenvalue weighted by molar-refractivity contribution is -0.355. The van der Waals surface area contributed by atoms with Crippen LogP contribution in [-0.4, -0.2) is 45.1 Å². The summed E-state index contributed by atoms with van der Waals surface area (Å²) in [6.45, 7) is 6.44. The van der Waals surface area contributed by atoms with E-state index in [1.807, 2.05) is 35.7 Å². The Hall–Kier alpha value is -0.703. The molecule has 1 N–H and O–H groups in total. The van der Waals surface area contributed by atoms with Gasteiger partial charge in [0.15, 0.2) is 0 Å². The quantitative estimate of drug-likeness (QED) is 0.296. The van der Waals surface area contributed by atoms with Crippen molar-refractivity contribution in [2.75, 3.05) is 21.3 Å². The highest BCUT2D eigenvalue weighted by Gasteiger charge is 2.28. The molecule has 0 saturated carbocycles. The van der Waals surface area contributed by atoms with E-state index in [9.17, 15) is 4.21 Å². The van der Waals surface area contributed by atoms with Crippen molar-refractivity contribution >= 4 is 23.3 Å². The van der Waals surface area contributed by atoms with E-state index < -0.39 is 23.9 Å². The molecule has 0 bridgehead atoms. The molecule has 0 aliphatic rings. The summed E-state index contributed by atoms with van der Waals surface area (Å²) in [5.74, 6) is -1.03. The normalized spacial score (nSPS) is 15.1. The monoisotopic (exact) mass is 373 g/mol. The molecule has 1 rings (SSSR count). The van der Waals surface area contributed by atoms with Crippen molar-refractivity contribution in [2.45, 2.75) is 49.8 Å². The molecule has 24 heavy (non-hydrogen) atoms. The van der Waals surface area contributed by atoms with Gasteiger partial charge in [0.05, 0.1) is 9.71 Å². The maximum Gasteiger partial charge on any atom is 0.282 e. The van der Waals surface area contributed by atoms with E-state index >= 15 is 0 Å². The summed E-state index contributed by atoms with van der Waals surface area (Å²) in [4.78, 5) is 0.823. The lowest BCUT2D eigenvalue weighted by Crippen LogP contribution is -2.45. The summed E-state index contributed by atoms with van der Waals surface area (Å²) in [5, 5.41) is 1.90. The van der Waals surface area contributed by atoms with Crippen LogP contribution in [0.1, 0.15) is 19.3 Å². The van der Waals surface area contributed by atoms with Gasteiger partial charge in [0.2, 0.25) is 0 Å². The Labute approximate surface area is 147 Å². The van der Waals surface area contributed by atoms with Crippen molar-refractivity contribution in [1.82, 2.24) is 4.39 Å². The van der Waals surface area contributed by atoms with Gasteiger partial charge in [0, 0.05) is 32.6 Å². The minimum atomic E-state index is -2.40. The highest BCUT2D eigenvalue weighted by Crippen LogP contribution is 2.20. The van der Waals surface area contributed by atoms with Crippen LogP contribution in [0.5, 0.6) is 0 Å². The van der Waals surface area contributed by atoms with Crippen molar-refractivity contribution in [3.63, 3.8) is 0 Å². The fourth-order valence-electron chi connectivity index (χ4n) is 2.40. The molecule has 0 radical (unpaired) electrons. The van der Waals surface area contributed by atoms with Crippen molar-refractivity contribution < 1.29 is 18.4 Å². The van der Waals surface area contributed by atoms with Gasteiger partial charge < -0.3 is 14.2 Å². The van der Waals surface area contributed by atoms with Crippen LogP contribution in [0.25, 0.3) is 0 Å². The molecule has 138 valence electrons. The zero-order chi connectivity index (χ0) is 18.3. The van der Waals surface area contributed by atoms with Crippen LogP contribution >= 0.6 is 0 Å². The molecule has 0 fully saturated rings. The maximum atomic E-state index is 13.5. The average molecular weight is 374 g/mol. The molecule has 0 aromatic heterocycles. The van der Waals surface area contributed by atoms with Gasteiger partial charge in [-0.3, -0.25) is 4.39 Å². The molecule has 0 spiro atoms. The highest BCUT2D eigenvalue weighted by molar-refractivity contribution is 8.00. The van der Waals surface area contributed by atoms with Crippen molar-refractivity contribution in [1.29, 1.82) is 0 Å². The number of rotatable bonds is 10. The minimum absolute atomic E-state index is 0.560. The Balaban J connectivity index is 2.93. The van der Waals surface area contributed by atoms with Crippen LogP contribution in [-0.2, 0) is 23.9 Å². The van der Waals surface area contributed by atoms with Crippen LogP contribution in [0.2, 0.25) is 19.6 Å². The Morgan fingerprint density at radius 2 is 1.62 bits per heavy atom. The van der Waals surface area contributed by atoms with Gasteiger partial charge in [-0.15, -0.1) is 0 Å². The second-order valence-electron chi connectivity index (χ2n) is 6.62. The Kier molecular flexibility index (Phi) is 8.11. The molecular formula is C17H31NO4SSi. The highest BCUT2D eigenvalue weighted by atomic mass is 32.2. The van der Waals surface area contributed by atoms with E-state index in [0.717, 1.165) is 11.3 Å². The van der Waals surface area contributed by atoms with Crippen LogP contribution < -0.4 is 4.39 Å². The van der Waals surface area contributed by atoms with Crippen molar-refractivity contribution in [3.05, 3.63) is 30.3 Å². The fourth-order valence-corrected chi connectivity index (χ4v) is 8.09. The third kappa shape index (κ3) is 6.31. The predicted molar refractivity (Wildman–Crippen MR) is 103 cm³/mol. The van der Waals surface area contributed by atoms with E-state index in [2.05, 4.69) is 24.0 Å². The molecule has 1 aromatic rings. The topological polar surface area (TPSA) is 56.8 Å². The van der Waals surface area contributed by atoms with E-state index in [1.54, 1.807) is 21.3 Å². The van der Waals surface area contributed by atoms with Crippen molar-refractivity contribution in [2.24, 2.45) is 0 Å². The lowest BCUT2D eigenvalue weighted by atomic mass is 10.2. The first kappa shape index (κ1) is 21.3. The molecule has 0 aliphatic carbocycles. The Morgan fingerprint density at radius 1 is 1.08 bits per heavy atom. The van der Waals surface area contributed by atoms with Crippen LogP contribution in [0, 0.1) is 0 Å². The van der Waals surface area contributed by atoms with Crippen LogP contribution in [0.3, 0.4) is 0 Å². The number of nitrogens with one attached hydrogen (secondary N) is 1. The van der Waals surface area contributed by atoms with Gasteiger partial charge in [-0.1, -0.05) is 37.8 Å². The molecule has 0 saturated heterocycles. The summed E-state index contributed by atoms with van der Waals surface area (Å²) in [6, 6.07) is 9.59. The average Bonchev–Trinajstić information content (AvgIpc) is 2.55. The van der Waals surface area contributed by atoms with Crippen molar-refractivity contribution in [3.8, 4) is 0 Å². The number of methoxy groups -OCH3 is 3. The first-order chi connectivity index (χ1) is 11.2. The van der Waals surface area contributed by atoms with E-state index in [-0.39, 0.29) is 0 Å². The standard InChI is InChI=1S/C17H31NO4SSi/c1-20-17(21-2,22-3)14-10-11-15-23(19,18-24(4,5)6)16-12-8-7-9-13-16/h7-9,12-13,15H,10-11,14H2,1-6H3,(H,18,19). The minimum Gasteiger partial charge on any atom is -0.331 e. The predicted octanol–water partition coefficient (Wildman–Crippen LogP) is 3.23. The smallest absolute Gasteiger partial charge is 0.282 e. The largest absolute Gasteiger partial charge is 0.331 e. The molecule has 5 nitrogen and oxygen atoms in total. The number of unbranched alkanes of at least 4 members (excludes halogenated alkanes) is 1. The first-order valence-electron chi connectivity index (χ1n) is 8.07. The zero-order valence-corrected chi connectivity index (χ0v) is 17.4. The fraction of sp³-hybridized carbons (Fsp3) is 0.588. The molecule has 0 heterocycles. The zero-order valence-electron chi connectivity index (χ0n) is 15.6. The molecule has 7 heteroatoms. The summed E-state index contributed by atoms with van der Waals surface area (Å²) in [7, 11) is 0.534. The number of benzene rings is 1.